The molecule has 0 heterocycles. The van der Waals surface area contributed by atoms with Gasteiger partial charge in [-0.1, -0.05) is 6.07 Å². The summed E-state index contributed by atoms with van der Waals surface area (Å²) in [5.41, 5.74) is 2.18. The number of carbonyl (C=O) groups excluding carboxylic acids is 1. The number of nitrogens with one attached hydrogen (secondary N) is 1. The van der Waals surface area contributed by atoms with E-state index in [2.05, 4.69) is 0 Å². The number of hydrazine groups is 1. The van der Waals surface area contributed by atoms with Crippen LogP contribution in [-0.2, 0) is 0 Å². The third-order valence-corrected chi connectivity index (χ3v) is 1.60. The molecule has 3 N–H and O–H groups in total. The molecule has 1 rings (SSSR count). The molecule has 0 aromatic heterocycles. The molecule has 82 valence electrons. The molecular weight excluding hydrogens is 206 g/mol. The summed E-state index contributed by atoms with van der Waals surface area (Å²) >= 11 is 0. The van der Waals surface area contributed by atoms with E-state index in [4.69, 9.17) is 10.6 Å². The molecule has 0 atom stereocenters. The van der Waals surface area contributed by atoms with Crippen molar-refractivity contribution in [1.29, 1.82) is 0 Å². The number of hydrogen-bond acceptors (Lipinski definition) is 3. The van der Waals surface area contributed by atoms with Gasteiger partial charge in [0.25, 0.3) is 12.3 Å². The molecule has 0 aliphatic carbocycles. The second-order valence-electron chi connectivity index (χ2n) is 2.70. The fraction of sp³-hybridized carbons (Fsp3) is 0.222. The Morgan fingerprint density at radius 1 is 1.53 bits per heavy atom. The number of alkyl halides is 2. The van der Waals surface area contributed by atoms with Crippen LogP contribution in [0, 0.1) is 0 Å². The Morgan fingerprint density at radius 2 is 2.27 bits per heavy atom. The zero-order valence-corrected chi connectivity index (χ0v) is 7.74. The van der Waals surface area contributed by atoms with Gasteiger partial charge >= 0.3 is 0 Å². The van der Waals surface area contributed by atoms with Gasteiger partial charge in [0.15, 0.2) is 0 Å². The van der Waals surface area contributed by atoms with Crippen molar-refractivity contribution in [3.63, 3.8) is 0 Å². The lowest BCUT2D eigenvalue weighted by atomic mass is 10.2. The Hall–Kier alpha value is -1.69. The predicted molar refractivity (Wildman–Crippen MR) is 49.6 cm³/mol. The lowest BCUT2D eigenvalue weighted by Crippen LogP contribution is -2.29. The Kier molecular flexibility index (Phi) is 3.99. The van der Waals surface area contributed by atoms with Crippen molar-refractivity contribution >= 4 is 5.91 Å². The molecule has 1 aromatic rings. The molecule has 6 heteroatoms. The van der Waals surface area contributed by atoms with Gasteiger partial charge in [-0.2, -0.15) is 0 Å². The maximum Gasteiger partial charge on any atom is 0.272 e. The molecular formula is C9H10F2N2O2. The third kappa shape index (κ3) is 3.51. The highest BCUT2D eigenvalue weighted by atomic mass is 19.3. The van der Waals surface area contributed by atoms with Crippen LogP contribution in [0.5, 0.6) is 5.75 Å². The van der Waals surface area contributed by atoms with Gasteiger partial charge in [0.2, 0.25) is 0 Å². The Labute approximate surface area is 85.0 Å². The average Bonchev–Trinajstić information content (AvgIpc) is 2.25. The number of amides is 1. The lowest BCUT2D eigenvalue weighted by molar-refractivity contribution is 0.0818. The van der Waals surface area contributed by atoms with Crippen LogP contribution >= 0.6 is 0 Å². The minimum atomic E-state index is -2.54. The summed E-state index contributed by atoms with van der Waals surface area (Å²) in [6.45, 7) is -0.701. The van der Waals surface area contributed by atoms with Crippen molar-refractivity contribution < 1.29 is 18.3 Å². The first kappa shape index (κ1) is 11.4. The Balaban J connectivity index is 2.70. The summed E-state index contributed by atoms with van der Waals surface area (Å²) < 4.78 is 28.4. The highest BCUT2D eigenvalue weighted by Crippen LogP contribution is 2.13. The smallest absolute Gasteiger partial charge is 0.272 e. The number of ether oxygens (including phenoxy) is 1. The van der Waals surface area contributed by atoms with E-state index in [0.717, 1.165) is 0 Å². The molecule has 0 aliphatic heterocycles. The Morgan fingerprint density at radius 3 is 2.87 bits per heavy atom. The van der Waals surface area contributed by atoms with Crippen LogP contribution in [0.2, 0.25) is 0 Å². The standard InChI is InChI=1S/C9H10F2N2O2/c10-8(11)5-15-7-3-1-2-6(4-7)9(14)13-12/h1-4,8H,5,12H2,(H,13,14). The summed E-state index contributed by atoms with van der Waals surface area (Å²) in [7, 11) is 0. The van der Waals surface area contributed by atoms with E-state index in [1.54, 1.807) is 0 Å². The number of carbonyl (C=O) groups is 1. The largest absolute Gasteiger partial charge is 0.488 e. The van der Waals surface area contributed by atoms with Gasteiger partial charge in [-0.3, -0.25) is 10.2 Å². The number of halogens is 2. The molecule has 0 spiro atoms. The van der Waals surface area contributed by atoms with Gasteiger partial charge in [-0.25, -0.2) is 14.6 Å². The summed E-state index contributed by atoms with van der Waals surface area (Å²) in [5, 5.41) is 0. The van der Waals surface area contributed by atoms with Gasteiger partial charge in [0.05, 0.1) is 0 Å². The molecule has 0 bridgehead atoms. The number of rotatable bonds is 4. The topological polar surface area (TPSA) is 64.3 Å². The Bertz CT molecular complexity index is 345. The van der Waals surface area contributed by atoms with Crippen LogP contribution in [0.15, 0.2) is 24.3 Å². The summed E-state index contributed by atoms with van der Waals surface area (Å²) in [5.74, 6) is 4.62. The molecule has 4 nitrogen and oxygen atoms in total. The fourth-order valence-electron chi connectivity index (χ4n) is 0.970. The predicted octanol–water partition coefficient (Wildman–Crippen LogP) is 0.934. The minimum absolute atomic E-state index is 0.205. The maximum atomic E-state index is 11.8. The first-order valence-electron chi connectivity index (χ1n) is 4.15. The summed E-state index contributed by atoms with van der Waals surface area (Å²) in [4.78, 5) is 11.1. The van der Waals surface area contributed by atoms with E-state index in [0.29, 0.717) is 0 Å². The minimum Gasteiger partial charge on any atom is -0.488 e. The molecule has 15 heavy (non-hydrogen) atoms. The van der Waals surface area contributed by atoms with Gasteiger partial charge < -0.3 is 4.74 Å². The van der Waals surface area contributed by atoms with Gasteiger partial charge in [0, 0.05) is 5.56 Å². The van der Waals surface area contributed by atoms with E-state index in [1.165, 1.54) is 24.3 Å². The first-order chi connectivity index (χ1) is 7.13. The molecule has 1 aromatic carbocycles. The van der Waals surface area contributed by atoms with E-state index in [-0.39, 0.29) is 11.3 Å². The van der Waals surface area contributed by atoms with Crippen LogP contribution < -0.4 is 16.0 Å². The zero-order valence-electron chi connectivity index (χ0n) is 7.74. The fourth-order valence-corrected chi connectivity index (χ4v) is 0.970. The SMILES string of the molecule is NNC(=O)c1cccc(OCC(F)F)c1. The van der Waals surface area contributed by atoms with E-state index in [9.17, 15) is 13.6 Å². The van der Waals surface area contributed by atoms with Crippen LogP contribution in [-0.4, -0.2) is 18.9 Å². The van der Waals surface area contributed by atoms with Gasteiger partial charge in [-0.05, 0) is 18.2 Å². The van der Waals surface area contributed by atoms with Crippen molar-refractivity contribution in [2.45, 2.75) is 6.43 Å². The van der Waals surface area contributed by atoms with Crippen LogP contribution in [0.1, 0.15) is 10.4 Å². The number of nitrogens with two attached hydrogens (primary N) is 1. The van der Waals surface area contributed by atoms with Crippen LogP contribution in [0.4, 0.5) is 8.78 Å². The van der Waals surface area contributed by atoms with Gasteiger partial charge in [-0.15, -0.1) is 0 Å². The molecule has 0 radical (unpaired) electrons. The lowest BCUT2D eigenvalue weighted by Gasteiger charge is -2.06. The third-order valence-electron chi connectivity index (χ3n) is 1.60. The molecule has 0 saturated carbocycles. The molecule has 0 unspecified atom stereocenters. The van der Waals surface area contributed by atoms with Crippen molar-refractivity contribution in [2.75, 3.05) is 6.61 Å². The van der Waals surface area contributed by atoms with E-state index in [1.807, 2.05) is 5.43 Å². The second-order valence-corrected chi connectivity index (χ2v) is 2.70. The highest BCUT2D eigenvalue weighted by molar-refractivity contribution is 5.94. The van der Waals surface area contributed by atoms with Crippen molar-refractivity contribution in [3.8, 4) is 5.75 Å². The zero-order chi connectivity index (χ0) is 11.3. The molecule has 1 amide bonds. The number of nitrogen functional groups attached to an aromatic ring is 1. The van der Waals surface area contributed by atoms with Crippen LogP contribution in [0.25, 0.3) is 0 Å². The molecule has 0 fully saturated rings. The van der Waals surface area contributed by atoms with E-state index < -0.39 is 18.9 Å². The molecule has 0 saturated heterocycles. The average molecular weight is 216 g/mol. The van der Waals surface area contributed by atoms with Crippen molar-refractivity contribution in [1.82, 2.24) is 5.43 Å². The second kappa shape index (κ2) is 5.26. The normalized spacial score (nSPS) is 10.1. The summed E-state index contributed by atoms with van der Waals surface area (Å²) in [6.07, 6.45) is -2.54. The van der Waals surface area contributed by atoms with Gasteiger partial charge in [0.1, 0.15) is 12.4 Å². The monoisotopic (exact) mass is 216 g/mol. The number of benzene rings is 1. The maximum absolute atomic E-state index is 11.8. The van der Waals surface area contributed by atoms with Crippen molar-refractivity contribution in [2.24, 2.45) is 5.84 Å². The summed E-state index contributed by atoms with van der Waals surface area (Å²) in [6, 6.07) is 5.84. The number of hydrogen-bond donors (Lipinski definition) is 2. The first-order valence-corrected chi connectivity index (χ1v) is 4.15. The van der Waals surface area contributed by atoms with Crippen LogP contribution in [0.3, 0.4) is 0 Å². The molecule has 0 aliphatic rings. The van der Waals surface area contributed by atoms with E-state index >= 15 is 0 Å². The van der Waals surface area contributed by atoms with Crippen molar-refractivity contribution in [3.05, 3.63) is 29.8 Å². The quantitative estimate of drug-likeness (QED) is 0.447. The highest BCUT2D eigenvalue weighted by Gasteiger charge is 2.06.